The molecule has 1 aliphatic heterocycles. The van der Waals surface area contributed by atoms with Gasteiger partial charge in [0.05, 0.1) is 0 Å². The van der Waals surface area contributed by atoms with Gasteiger partial charge in [0.2, 0.25) is 0 Å². The molecular formula is C39H25N3O2. The number of nitrogens with zero attached hydrogens (tertiary/aromatic N) is 2. The monoisotopic (exact) mass is 567 g/mol. The SMILES string of the molecule is c1ccc(C2=NC(c3c(-c4ccc5c(c4)oc4ccccc45)ccc4oc5ccccc5c34)N=C(c3ccccc3)N2)cc1. The molecule has 2 aromatic heterocycles. The largest absolute Gasteiger partial charge is 0.456 e. The fraction of sp³-hybridized carbons (Fsp3) is 0.0256. The summed E-state index contributed by atoms with van der Waals surface area (Å²) >= 11 is 0. The second-order valence-electron chi connectivity index (χ2n) is 11.0. The lowest BCUT2D eigenvalue weighted by Crippen LogP contribution is -2.36. The Kier molecular flexibility index (Phi) is 5.50. The Balaban J connectivity index is 1.33. The van der Waals surface area contributed by atoms with Crippen LogP contribution in [-0.2, 0) is 0 Å². The third-order valence-electron chi connectivity index (χ3n) is 8.37. The number of nitrogens with one attached hydrogen (secondary N) is 1. The molecule has 6 aromatic carbocycles. The highest BCUT2D eigenvalue weighted by Gasteiger charge is 2.27. The van der Waals surface area contributed by atoms with Gasteiger partial charge in [-0.25, -0.2) is 9.98 Å². The number of hydrogen-bond acceptors (Lipinski definition) is 5. The number of amidine groups is 2. The normalized spacial score (nSPS) is 13.8. The van der Waals surface area contributed by atoms with Crippen LogP contribution in [0.3, 0.4) is 0 Å². The van der Waals surface area contributed by atoms with Crippen molar-refractivity contribution in [3.63, 3.8) is 0 Å². The fourth-order valence-corrected chi connectivity index (χ4v) is 6.32. The van der Waals surface area contributed by atoms with Crippen LogP contribution >= 0.6 is 0 Å². The first kappa shape index (κ1) is 24.6. The quantitative estimate of drug-likeness (QED) is 0.230. The summed E-state index contributed by atoms with van der Waals surface area (Å²) in [5, 5.41) is 7.78. The van der Waals surface area contributed by atoms with Gasteiger partial charge in [-0.2, -0.15) is 0 Å². The second kappa shape index (κ2) is 9.82. The number of furan rings is 2. The lowest BCUT2D eigenvalue weighted by Gasteiger charge is -2.24. The summed E-state index contributed by atoms with van der Waals surface area (Å²) in [5.41, 5.74) is 8.42. The van der Waals surface area contributed by atoms with E-state index in [0.717, 1.165) is 83.4 Å². The summed E-state index contributed by atoms with van der Waals surface area (Å²) in [6.45, 7) is 0. The topological polar surface area (TPSA) is 63.0 Å². The molecule has 1 N–H and O–H groups in total. The summed E-state index contributed by atoms with van der Waals surface area (Å²) in [5.74, 6) is 1.54. The van der Waals surface area contributed by atoms with Gasteiger partial charge in [0.15, 0.2) is 6.17 Å². The first-order valence-corrected chi connectivity index (χ1v) is 14.7. The van der Waals surface area contributed by atoms with Gasteiger partial charge in [-0.05, 0) is 41.5 Å². The van der Waals surface area contributed by atoms with E-state index in [-0.39, 0.29) is 0 Å². The van der Waals surface area contributed by atoms with E-state index in [4.69, 9.17) is 18.8 Å². The molecule has 0 unspecified atom stereocenters. The van der Waals surface area contributed by atoms with Crippen LogP contribution in [0.5, 0.6) is 0 Å². The first-order chi connectivity index (χ1) is 21.8. The molecule has 9 rings (SSSR count). The van der Waals surface area contributed by atoms with Crippen molar-refractivity contribution in [1.82, 2.24) is 5.32 Å². The summed E-state index contributed by atoms with van der Waals surface area (Å²) in [7, 11) is 0. The Morgan fingerprint density at radius 2 is 1.02 bits per heavy atom. The summed E-state index contributed by atoms with van der Waals surface area (Å²) in [6, 6.07) is 47.4. The van der Waals surface area contributed by atoms with Gasteiger partial charge in [-0.1, -0.05) is 109 Å². The molecule has 5 nitrogen and oxygen atoms in total. The van der Waals surface area contributed by atoms with Crippen LogP contribution in [0, 0.1) is 0 Å². The van der Waals surface area contributed by atoms with Crippen LogP contribution in [-0.4, -0.2) is 11.7 Å². The smallest absolute Gasteiger partial charge is 0.171 e. The zero-order valence-electron chi connectivity index (χ0n) is 23.6. The third-order valence-corrected chi connectivity index (χ3v) is 8.37. The number of benzene rings is 6. The molecular weight excluding hydrogens is 542 g/mol. The van der Waals surface area contributed by atoms with E-state index >= 15 is 0 Å². The fourth-order valence-electron chi connectivity index (χ4n) is 6.32. The maximum absolute atomic E-state index is 6.38. The molecule has 1 aliphatic rings. The molecule has 0 atom stereocenters. The summed E-state index contributed by atoms with van der Waals surface area (Å²) < 4.78 is 12.7. The zero-order valence-corrected chi connectivity index (χ0v) is 23.6. The van der Waals surface area contributed by atoms with Gasteiger partial charge in [0.25, 0.3) is 0 Å². The van der Waals surface area contributed by atoms with Crippen LogP contribution in [0.2, 0.25) is 0 Å². The van der Waals surface area contributed by atoms with Gasteiger partial charge in [-0.3, -0.25) is 0 Å². The van der Waals surface area contributed by atoms with Gasteiger partial charge in [-0.15, -0.1) is 0 Å². The Morgan fingerprint density at radius 3 is 1.73 bits per heavy atom. The number of aliphatic imine (C=N–C) groups is 2. The molecule has 0 radical (unpaired) electrons. The molecule has 0 fully saturated rings. The Bertz CT molecular complexity index is 2360. The van der Waals surface area contributed by atoms with Crippen LogP contribution < -0.4 is 5.32 Å². The lowest BCUT2D eigenvalue weighted by atomic mass is 9.92. The van der Waals surface area contributed by atoms with E-state index in [9.17, 15) is 0 Å². The van der Waals surface area contributed by atoms with Gasteiger partial charge < -0.3 is 14.2 Å². The van der Waals surface area contributed by atoms with E-state index in [1.54, 1.807) is 0 Å². The molecule has 0 aliphatic carbocycles. The Hall–Kier alpha value is -5.94. The van der Waals surface area contributed by atoms with Crippen LogP contribution in [0.15, 0.2) is 158 Å². The van der Waals surface area contributed by atoms with E-state index in [1.807, 2.05) is 72.8 Å². The molecule has 0 spiro atoms. The van der Waals surface area contributed by atoms with E-state index in [0.29, 0.717) is 0 Å². The van der Waals surface area contributed by atoms with Crippen molar-refractivity contribution in [2.45, 2.75) is 6.17 Å². The van der Waals surface area contributed by atoms with Crippen LogP contribution in [0.4, 0.5) is 0 Å². The number of fused-ring (bicyclic) bond motifs is 6. The molecule has 8 aromatic rings. The van der Waals surface area contributed by atoms with Crippen molar-refractivity contribution < 1.29 is 8.83 Å². The molecule has 44 heavy (non-hydrogen) atoms. The third kappa shape index (κ3) is 3.94. The van der Waals surface area contributed by atoms with Crippen LogP contribution in [0.25, 0.3) is 55.0 Å². The highest BCUT2D eigenvalue weighted by molar-refractivity contribution is 6.17. The van der Waals surface area contributed by atoms with Crippen LogP contribution in [0.1, 0.15) is 22.9 Å². The summed E-state index contributed by atoms with van der Waals surface area (Å²) in [6.07, 6.45) is -0.535. The maximum atomic E-state index is 6.38. The average Bonchev–Trinajstić information content (AvgIpc) is 3.66. The van der Waals surface area contributed by atoms with Gasteiger partial charge >= 0.3 is 0 Å². The number of rotatable bonds is 4. The molecule has 0 bridgehead atoms. The predicted octanol–water partition coefficient (Wildman–Crippen LogP) is 9.65. The molecule has 0 amide bonds. The second-order valence-corrected chi connectivity index (χ2v) is 11.0. The van der Waals surface area contributed by atoms with Crippen molar-refractivity contribution in [2.75, 3.05) is 0 Å². The number of hydrogen-bond donors (Lipinski definition) is 1. The molecule has 0 saturated carbocycles. The van der Waals surface area contributed by atoms with E-state index in [1.165, 1.54) is 0 Å². The number of para-hydroxylation sites is 2. The van der Waals surface area contributed by atoms with Crippen molar-refractivity contribution in [3.05, 3.63) is 156 Å². The minimum atomic E-state index is -0.535. The molecule has 3 heterocycles. The first-order valence-electron chi connectivity index (χ1n) is 14.7. The van der Waals surface area contributed by atoms with E-state index in [2.05, 4.69) is 72.0 Å². The van der Waals surface area contributed by atoms with Gasteiger partial charge in [0.1, 0.15) is 34.0 Å². The average molecular weight is 568 g/mol. The van der Waals surface area contributed by atoms with Gasteiger partial charge in [0, 0.05) is 38.2 Å². The summed E-state index contributed by atoms with van der Waals surface area (Å²) in [4.78, 5) is 10.5. The highest BCUT2D eigenvalue weighted by Crippen LogP contribution is 2.43. The van der Waals surface area contributed by atoms with Crippen molar-refractivity contribution in [3.8, 4) is 11.1 Å². The lowest BCUT2D eigenvalue weighted by molar-refractivity contribution is 0.667. The predicted molar refractivity (Wildman–Crippen MR) is 178 cm³/mol. The Morgan fingerprint density at radius 1 is 0.455 bits per heavy atom. The minimum absolute atomic E-state index is 0.535. The highest BCUT2D eigenvalue weighted by atomic mass is 16.3. The molecule has 0 saturated heterocycles. The minimum Gasteiger partial charge on any atom is -0.456 e. The van der Waals surface area contributed by atoms with E-state index < -0.39 is 6.17 Å². The van der Waals surface area contributed by atoms with Crippen molar-refractivity contribution >= 4 is 55.5 Å². The molecule has 208 valence electrons. The zero-order chi connectivity index (χ0) is 29.0. The van der Waals surface area contributed by atoms with Crippen molar-refractivity contribution in [1.29, 1.82) is 0 Å². The maximum Gasteiger partial charge on any atom is 0.171 e. The molecule has 5 heteroatoms. The Labute approximate surface area is 252 Å². The standard InChI is InChI=1S/C39H25N3O2/c1-3-11-24(12-4-1)37-40-38(25-13-5-2-6-14-25)42-39(41-37)36-27(21-22-33-35(36)30-16-8-10-18-32(30)43-33)26-19-20-29-28-15-7-9-17-31(28)44-34(29)23-26/h1-23,39H,(H,40,41,42). The van der Waals surface area contributed by atoms with Crippen molar-refractivity contribution in [2.24, 2.45) is 9.98 Å².